The fourth-order valence-corrected chi connectivity index (χ4v) is 1.77. The highest BCUT2D eigenvalue weighted by atomic mass is 16.5. The van der Waals surface area contributed by atoms with E-state index in [1.54, 1.807) is 0 Å². The number of carboxylic acids is 1. The minimum atomic E-state index is -0.834. The highest BCUT2D eigenvalue weighted by Crippen LogP contribution is 2.19. The van der Waals surface area contributed by atoms with Crippen LogP contribution in [0.25, 0.3) is 11.1 Å². The fraction of sp³-hybridized carbons (Fsp3) is 0.188. The lowest BCUT2D eigenvalue weighted by molar-refractivity contribution is -0.138. The molecular formula is C16H16O3. The third-order valence-electron chi connectivity index (χ3n) is 2.79. The summed E-state index contributed by atoms with van der Waals surface area (Å²) in [5.74, 6) is -0.834. The largest absolute Gasteiger partial charge is 0.481 e. The third-order valence-corrected chi connectivity index (χ3v) is 2.79. The highest BCUT2D eigenvalue weighted by Gasteiger charge is 1.99. The van der Waals surface area contributed by atoms with Crippen molar-refractivity contribution in [1.29, 1.82) is 0 Å². The smallest absolute Gasteiger partial charge is 0.305 e. The summed E-state index contributed by atoms with van der Waals surface area (Å²) in [7, 11) is 0. The second-order valence-corrected chi connectivity index (χ2v) is 4.26. The Morgan fingerprint density at radius 3 is 2.21 bits per heavy atom. The molecular weight excluding hydrogens is 240 g/mol. The van der Waals surface area contributed by atoms with Crippen molar-refractivity contribution in [2.45, 2.75) is 13.0 Å². The lowest BCUT2D eigenvalue weighted by atomic mass is 10.0. The Morgan fingerprint density at radius 2 is 1.58 bits per heavy atom. The first-order chi connectivity index (χ1) is 9.25. The Balaban J connectivity index is 1.90. The maximum absolute atomic E-state index is 10.3. The molecule has 2 aromatic carbocycles. The predicted octanol–water partition coefficient (Wildman–Crippen LogP) is 3.34. The van der Waals surface area contributed by atoms with E-state index in [0.717, 1.165) is 11.1 Å². The second kappa shape index (κ2) is 6.71. The minimum absolute atomic E-state index is 0.0437. The first-order valence-corrected chi connectivity index (χ1v) is 6.19. The Labute approximate surface area is 112 Å². The lowest BCUT2D eigenvalue weighted by Crippen LogP contribution is -2.02. The SMILES string of the molecule is O=C(O)CCOCc1ccc(-c2ccccc2)cc1. The normalized spacial score (nSPS) is 10.3. The van der Waals surface area contributed by atoms with Gasteiger partial charge in [0.2, 0.25) is 0 Å². The van der Waals surface area contributed by atoms with Crippen molar-refractivity contribution in [3.63, 3.8) is 0 Å². The van der Waals surface area contributed by atoms with E-state index in [4.69, 9.17) is 9.84 Å². The first kappa shape index (κ1) is 13.3. The van der Waals surface area contributed by atoms with E-state index in [9.17, 15) is 4.79 Å². The summed E-state index contributed by atoms with van der Waals surface area (Å²) in [5, 5.41) is 8.49. The van der Waals surface area contributed by atoms with Crippen LogP contribution in [-0.4, -0.2) is 17.7 Å². The summed E-state index contributed by atoms with van der Waals surface area (Å²) in [4.78, 5) is 10.3. The molecule has 3 heteroatoms. The molecule has 3 nitrogen and oxygen atoms in total. The molecule has 98 valence electrons. The molecule has 0 aliphatic heterocycles. The van der Waals surface area contributed by atoms with E-state index in [2.05, 4.69) is 12.1 Å². The Kier molecular flexibility index (Phi) is 4.70. The zero-order chi connectivity index (χ0) is 13.5. The topological polar surface area (TPSA) is 46.5 Å². The van der Waals surface area contributed by atoms with Gasteiger partial charge in [-0.05, 0) is 16.7 Å². The minimum Gasteiger partial charge on any atom is -0.481 e. The van der Waals surface area contributed by atoms with Crippen LogP contribution in [0.2, 0.25) is 0 Å². The van der Waals surface area contributed by atoms with Gasteiger partial charge in [0, 0.05) is 0 Å². The Hall–Kier alpha value is -2.13. The highest BCUT2D eigenvalue weighted by molar-refractivity contribution is 5.66. The maximum Gasteiger partial charge on any atom is 0.305 e. The van der Waals surface area contributed by atoms with Crippen molar-refractivity contribution in [2.75, 3.05) is 6.61 Å². The van der Waals surface area contributed by atoms with Gasteiger partial charge in [0.1, 0.15) is 0 Å². The van der Waals surface area contributed by atoms with Gasteiger partial charge in [-0.1, -0.05) is 54.6 Å². The van der Waals surface area contributed by atoms with Crippen LogP contribution in [0.1, 0.15) is 12.0 Å². The summed E-state index contributed by atoms with van der Waals surface area (Å²) in [6.07, 6.45) is 0.0437. The number of hydrogen-bond acceptors (Lipinski definition) is 2. The van der Waals surface area contributed by atoms with Gasteiger partial charge in [-0.15, -0.1) is 0 Å². The molecule has 0 atom stereocenters. The summed E-state index contributed by atoms with van der Waals surface area (Å²) in [6.45, 7) is 0.693. The van der Waals surface area contributed by atoms with Gasteiger partial charge in [-0.2, -0.15) is 0 Å². The van der Waals surface area contributed by atoms with Gasteiger partial charge in [0.05, 0.1) is 19.6 Å². The van der Waals surface area contributed by atoms with Crippen LogP contribution >= 0.6 is 0 Å². The van der Waals surface area contributed by atoms with Crippen molar-refractivity contribution in [3.8, 4) is 11.1 Å². The number of ether oxygens (including phenoxy) is 1. The maximum atomic E-state index is 10.3. The third kappa shape index (κ3) is 4.23. The number of rotatable bonds is 6. The molecule has 2 aromatic rings. The molecule has 0 radical (unpaired) electrons. The number of hydrogen-bond donors (Lipinski definition) is 1. The number of carboxylic acid groups (broad SMARTS) is 1. The summed E-state index contributed by atoms with van der Waals surface area (Å²) < 4.78 is 5.30. The molecule has 0 unspecified atom stereocenters. The summed E-state index contributed by atoms with van der Waals surface area (Å²) in [5.41, 5.74) is 3.39. The van der Waals surface area contributed by atoms with Gasteiger partial charge >= 0.3 is 5.97 Å². The Bertz CT molecular complexity index is 517. The molecule has 19 heavy (non-hydrogen) atoms. The van der Waals surface area contributed by atoms with Crippen molar-refractivity contribution < 1.29 is 14.6 Å². The quantitative estimate of drug-likeness (QED) is 0.806. The van der Waals surface area contributed by atoms with Crippen LogP contribution < -0.4 is 0 Å². The molecule has 0 saturated heterocycles. The van der Waals surface area contributed by atoms with Crippen LogP contribution in [0.15, 0.2) is 54.6 Å². The average molecular weight is 256 g/mol. The van der Waals surface area contributed by atoms with E-state index < -0.39 is 5.97 Å². The van der Waals surface area contributed by atoms with Crippen molar-refractivity contribution >= 4 is 5.97 Å². The standard InChI is InChI=1S/C16H16O3/c17-16(18)10-11-19-12-13-6-8-15(9-7-13)14-4-2-1-3-5-14/h1-9H,10-12H2,(H,17,18). The monoisotopic (exact) mass is 256 g/mol. The van der Waals surface area contributed by atoms with Crippen molar-refractivity contribution in [2.24, 2.45) is 0 Å². The van der Waals surface area contributed by atoms with Crippen molar-refractivity contribution in [1.82, 2.24) is 0 Å². The number of aliphatic carboxylic acids is 1. The van der Waals surface area contributed by atoms with E-state index in [-0.39, 0.29) is 13.0 Å². The van der Waals surface area contributed by atoms with Gasteiger partial charge in [-0.3, -0.25) is 4.79 Å². The predicted molar refractivity (Wildman–Crippen MR) is 73.8 cm³/mol. The second-order valence-electron chi connectivity index (χ2n) is 4.26. The van der Waals surface area contributed by atoms with Crippen LogP contribution in [0.5, 0.6) is 0 Å². The molecule has 0 amide bonds. The number of carbonyl (C=O) groups is 1. The zero-order valence-corrected chi connectivity index (χ0v) is 10.6. The molecule has 0 aromatic heterocycles. The Morgan fingerprint density at radius 1 is 0.947 bits per heavy atom. The molecule has 0 heterocycles. The van der Waals surface area contributed by atoms with Crippen LogP contribution in [0.4, 0.5) is 0 Å². The van der Waals surface area contributed by atoms with Gasteiger partial charge in [0.25, 0.3) is 0 Å². The first-order valence-electron chi connectivity index (χ1n) is 6.19. The van der Waals surface area contributed by atoms with Gasteiger partial charge in [-0.25, -0.2) is 0 Å². The molecule has 1 N–H and O–H groups in total. The molecule has 0 aliphatic carbocycles. The van der Waals surface area contributed by atoms with E-state index in [1.807, 2.05) is 42.5 Å². The molecule has 0 saturated carbocycles. The van der Waals surface area contributed by atoms with Gasteiger partial charge < -0.3 is 9.84 Å². The van der Waals surface area contributed by atoms with Crippen LogP contribution in [-0.2, 0) is 16.1 Å². The van der Waals surface area contributed by atoms with E-state index in [0.29, 0.717) is 6.61 Å². The zero-order valence-electron chi connectivity index (χ0n) is 10.6. The molecule has 0 bridgehead atoms. The molecule has 0 aliphatic rings. The molecule has 0 fully saturated rings. The van der Waals surface area contributed by atoms with Gasteiger partial charge in [0.15, 0.2) is 0 Å². The fourth-order valence-electron chi connectivity index (χ4n) is 1.77. The van der Waals surface area contributed by atoms with E-state index >= 15 is 0 Å². The number of benzene rings is 2. The lowest BCUT2D eigenvalue weighted by Gasteiger charge is -2.05. The molecule has 0 spiro atoms. The van der Waals surface area contributed by atoms with E-state index in [1.165, 1.54) is 5.56 Å². The van der Waals surface area contributed by atoms with Crippen molar-refractivity contribution in [3.05, 3.63) is 60.2 Å². The van der Waals surface area contributed by atoms with Crippen LogP contribution in [0, 0.1) is 0 Å². The molecule has 2 rings (SSSR count). The van der Waals surface area contributed by atoms with Crippen LogP contribution in [0.3, 0.4) is 0 Å². The summed E-state index contributed by atoms with van der Waals surface area (Å²) in [6, 6.07) is 18.3. The summed E-state index contributed by atoms with van der Waals surface area (Å²) >= 11 is 0. The average Bonchev–Trinajstić information content (AvgIpc) is 2.45.